The van der Waals surface area contributed by atoms with E-state index >= 15 is 0 Å². The summed E-state index contributed by atoms with van der Waals surface area (Å²) in [5, 5.41) is 29.0. The van der Waals surface area contributed by atoms with Crippen molar-refractivity contribution in [2.75, 3.05) is 0 Å². The van der Waals surface area contributed by atoms with Crippen LogP contribution in [0.4, 0.5) is 0 Å². The molecule has 2 aromatic carbocycles. The van der Waals surface area contributed by atoms with Gasteiger partial charge in [-0.05, 0) is 24.5 Å². The maximum Gasteiger partial charge on any atom is 0.339 e. The minimum absolute atomic E-state index is 0.0516. The van der Waals surface area contributed by atoms with Crippen LogP contribution in [0.1, 0.15) is 40.3 Å². The van der Waals surface area contributed by atoms with E-state index in [1.807, 2.05) is 41.1 Å². The van der Waals surface area contributed by atoms with Crippen molar-refractivity contribution in [1.82, 2.24) is 9.55 Å². The van der Waals surface area contributed by atoms with Crippen molar-refractivity contribution < 1.29 is 20.1 Å². The Balaban J connectivity index is 1.90. The van der Waals surface area contributed by atoms with Gasteiger partial charge in [0.1, 0.15) is 22.9 Å². The van der Waals surface area contributed by atoms with Crippen molar-refractivity contribution in [3.05, 3.63) is 76.3 Å². The molecule has 0 aliphatic heterocycles. The zero-order valence-electron chi connectivity index (χ0n) is 14.6. The molecule has 0 saturated carbocycles. The predicted molar refractivity (Wildman–Crippen MR) is 102 cm³/mol. The zero-order chi connectivity index (χ0) is 19.6. The predicted octanol–water partition coefficient (Wildman–Crippen LogP) is 4.04. The third-order valence-corrected chi connectivity index (χ3v) is 5.00. The molecule has 0 radical (unpaired) electrons. The van der Waals surface area contributed by atoms with Crippen molar-refractivity contribution >= 4 is 17.6 Å². The van der Waals surface area contributed by atoms with Gasteiger partial charge in [0.15, 0.2) is 0 Å². The van der Waals surface area contributed by atoms with Crippen LogP contribution in [0.2, 0.25) is 5.02 Å². The lowest BCUT2D eigenvalue weighted by atomic mass is 10.0. The van der Waals surface area contributed by atoms with E-state index in [0.717, 1.165) is 17.5 Å². The SMILES string of the molecule is CC(c1ccccc1)n1ccnc1CCc1c(Cl)c(O)cc(O)c1C(=O)O. The van der Waals surface area contributed by atoms with Gasteiger partial charge in [-0.3, -0.25) is 0 Å². The Kier molecular flexibility index (Phi) is 5.37. The Labute approximate surface area is 161 Å². The number of phenols is 2. The summed E-state index contributed by atoms with van der Waals surface area (Å²) in [7, 11) is 0. The Bertz CT molecular complexity index is 970. The van der Waals surface area contributed by atoms with Crippen LogP contribution < -0.4 is 0 Å². The molecule has 1 unspecified atom stereocenters. The van der Waals surface area contributed by atoms with E-state index in [2.05, 4.69) is 11.9 Å². The van der Waals surface area contributed by atoms with Crippen molar-refractivity contribution in [3.63, 3.8) is 0 Å². The fourth-order valence-electron chi connectivity index (χ4n) is 3.18. The first-order valence-electron chi connectivity index (χ1n) is 8.43. The Morgan fingerprint density at radius 2 is 1.89 bits per heavy atom. The number of benzene rings is 2. The lowest BCUT2D eigenvalue weighted by molar-refractivity contribution is 0.0692. The molecule has 140 valence electrons. The van der Waals surface area contributed by atoms with Crippen molar-refractivity contribution in [2.24, 2.45) is 0 Å². The summed E-state index contributed by atoms with van der Waals surface area (Å²) in [6.45, 7) is 2.05. The number of nitrogens with zero attached hydrogens (tertiary/aromatic N) is 2. The van der Waals surface area contributed by atoms with Gasteiger partial charge in [0.2, 0.25) is 0 Å². The summed E-state index contributed by atoms with van der Waals surface area (Å²) in [6, 6.07) is 10.9. The molecule has 0 fully saturated rings. The van der Waals surface area contributed by atoms with Crippen LogP contribution in [0, 0.1) is 0 Å². The lowest BCUT2D eigenvalue weighted by Gasteiger charge is -2.17. The number of aromatic carboxylic acids is 1. The van der Waals surface area contributed by atoms with E-state index in [9.17, 15) is 20.1 Å². The van der Waals surface area contributed by atoms with Gasteiger partial charge in [-0.1, -0.05) is 41.9 Å². The Morgan fingerprint density at radius 3 is 2.56 bits per heavy atom. The monoisotopic (exact) mass is 386 g/mol. The number of hydrogen-bond acceptors (Lipinski definition) is 4. The van der Waals surface area contributed by atoms with Gasteiger partial charge in [0.05, 0.1) is 11.1 Å². The molecular weight excluding hydrogens is 368 g/mol. The molecule has 27 heavy (non-hydrogen) atoms. The van der Waals surface area contributed by atoms with Gasteiger partial charge in [0.25, 0.3) is 0 Å². The second-order valence-electron chi connectivity index (χ2n) is 6.22. The number of halogens is 1. The van der Waals surface area contributed by atoms with Gasteiger partial charge < -0.3 is 19.9 Å². The van der Waals surface area contributed by atoms with E-state index < -0.39 is 11.7 Å². The van der Waals surface area contributed by atoms with Crippen LogP contribution >= 0.6 is 11.6 Å². The minimum atomic E-state index is -1.30. The van der Waals surface area contributed by atoms with E-state index in [4.69, 9.17) is 11.6 Å². The molecule has 0 bridgehead atoms. The molecule has 1 heterocycles. The number of carboxylic acids is 1. The Morgan fingerprint density at radius 1 is 1.19 bits per heavy atom. The molecule has 1 aromatic heterocycles. The highest BCUT2D eigenvalue weighted by Gasteiger charge is 2.22. The van der Waals surface area contributed by atoms with Gasteiger partial charge in [-0.15, -0.1) is 0 Å². The van der Waals surface area contributed by atoms with Crippen molar-refractivity contribution in [2.45, 2.75) is 25.8 Å². The summed E-state index contributed by atoms with van der Waals surface area (Å²) < 4.78 is 2.01. The molecule has 3 N–H and O–H groups in total. The van der Waals surface area contributed by atoms with E-state index in [-0.39, 0.29) is 34.4 Å². The summed E-state index contributed by atoms with van der Waals surface area (Å²) >= 11 is 6.10. The standard InChI is InChI=1S/C20H19ClN2O4/c1-12(13-5-3-2-4-6-13)23-10-9-22-17(23)8-7-14-18(20(26)27)15(24)11-16(25)19(14)21/h2-6,9-12,24-25H,7-8H2,1H3,(H,26,27). The molecule has 0 spiro atoms. The van der Waals surface area contributed by atoms with E-state index in [1.54, 1.807) is 6.20 Å². The van der Waals surface area contributed by atoms with Crippen LogP contribution in [0.5, 0.6) is 11.5 Å². The maximum atomic E-state index is 11.5. The number of aromatic hydroxyl groups is 2. The zero-order valence-corrected chi connectivity index (χ0v) is 15.4. The molecule has 0 aliphatic rings. The second kappa shape index (κ2) is 7.72. The molecule has 7 heteroatoms. The molecule has 0 aliphatic carbocycles. The third kappa shape index (κ3) is 3.75. The van der Waals surface area contributed by atoms with Gasteiger partial charge >= 0.3 is 5.97 Å². The minimum Gasteiger partial charge on any atom is -0.507 e. The quantitative estimate of drug-likeness (QED) is 0.594. The van der Waals surface area contributed by atoms with Crippen LogP contribution in [0.3, 0.4) is 0 Å². The topological polar surface area (TPSA) is 95.6 Å². The first-order chi connectivity index (χ1) is 12.9. The summed E-state index contributed by atoms with van der Waals surface area (Å²) in [5.41, 5.74) is 1.01. The lowest BCUT2D eigenvalue weighted by Crippen LogP contribution is -2.12. The van der Waals surface area contributed by atoms with E-state index in [1.165, 1.54) is 0 Å². The van der Waals surface area contributed by atoms with Gasteiger partial charge in [-0.2, -0.15) is 0 Å². The molecular formula is C20H19ClN2O4. The van der Waals surface area contributed by atoms with Crippen molar-refractivity contribution in [3.8, 4) is 11.5 Å². The number of carboxylic acid groups (broad SMARTS) is 1. The average molecular weight is 387 g/mol. The maximum absolute atomic E-state index is 11.5. The number of aryl methyl sites for hydroxylation is 1. The highest BCUT2D eigenvalue weighted by Crippen LogP contribution is 2.37. The smallest absolute Gasteiger partial charge is 0.339 e. The van der Waals surface area contributed by atoms with Crippen LogP contribution in [-0.4, -0.2) is 30.8 Å². The first kappa shape index (κ1) is 18.8. The largest absolute Gasteiger partial charge is 0.507 e. The molecule has 1 atom stereocenters. The average Bonchev–Trinajstić information content (AvgIpc) is 3.11. The number of aromatic nitrogens is 2. The molecule has 3 rings (SSSR count). The van der Waals surface area contributed by atoms with Crippen molar-refractivity contribution in [1.29, 1.82) is 0 Å². The summed E-state index contributed by atoms with van der Waals surface area (Å²) in [5.74, 6) is -1.41. The number of imidazole rings is 1. The Hall–Kier alpha value is -2.99. The van der Waals surface area contributed by atoms with Crippen LogP contribution in [0.15, 0.2) is 48.8 Å². The highest BCUT2D eigenvalue weighted by molar-refractivity contribution is 6.33. The fraction of sp³-hybridized carbons (Fsp3) is 0.200. The third-order valence-electron chi connectivity index (χ3n) is 4.58. The number of carbonyl (C=O) groups is 1. The number of hydrogen-bond donors (Lipinski definition) is 3. The summed E-state index contributed by atoms with van der Waals surface area (Å²) in [6.07, 6.45) is 4.16. The second-order valence-corrected chi connectivity index (χ2v) is 6.60. The highest BCUT2D eigenvalue weighted by atomic mass is 35.5. The number of rotatable bonds is 6. The fourth-order valence-corrected chi connectivity index (χ4v) is 3.42. The number of phenolic OH excluding ortho intramolecular Hbond substituents is 1. The first-order valence-corrected chi connectivity index (χ1v) is 8.81. The van der Waals surface area contributed by atoms with Crippen LogP contribution in [0.25, 0.3) is 0 Å². The molecule has 3 aromatic rings. The molecule has 6 nitrogen and oxygen atoms in total. The van der Waals surface area contributed by atoms with Gasteiger partial charge in [-0.25, -0.2) is 9.78 Å². The van der Waals surface area contributed by atoms with E-state index in [0.29, 0.717) is 6.42 Å². The summed E-state index contributed by atoms with van der Waals surface area (Å²) in [4.78, 5) is 15.9. The molecule has 0 saturated heterocycles. The van der Waals surface area contributed by atoms with Crippen LogP contribution in [-0.2, 0) is 12.8 Å². The molecule has 0 amide bonds. The normalized spacial score (nSPS) is 12.1. The van der Waals surface area contributed by atoms with Gasteiger partial charge in [0, 0.05) is 24.9 Å².